The van der Waals surface area contributed by atoms with Gasteiger partial charge >= 0.3 is 0 Å². The van der Waals surface area contributed by atoms with Gasteiger partial charge in [-0.2, -0.15) is 5.10 Å². The van der Waals surface area contributed by atoms with Gasteiger partial charge in [0.05, 0.1) is 11.7 Å². The van der Waals surface area contributed by atoms with Gasteiger partial charge in [0.25, 0.3) is 0 Å². The van der Waals surface area contributed by atoms with Gasteiger partial charge in [-0.1, -0.05) is 0 Å². The first kappa shape index (κ1) is 13.7. The normalized spacial score (nSPS) is 12.8. The number of nitrogens with zero attached hydrogens (tertiary/aromatic N) is 3. The Balaban J connectivity index is 1.88. The van der Waals surface area contributed by atoms with E-state index in [1.54, 1.807) is 0 Å². The molecule has 0 aromatic carbocycles. The SMILES string of the molecule is CCn1nc(C)c([C@@H](C)Nc2ccc3cc[nH]c3n2)c1C. The molecule has 5 heteroatoms. The molecule has 5 nitrogen and oxygen atoms in total. The topological polar surface area (TPSA) is 58.5 Å². The van der Waals surface area contributed by atoms with E-state index in [1.807, 2.05) is 23.0 Å². The quantitative estimate of drug-likeness (QED) is 0.769. The largest absolute Gasteiger partial charge is 0.363 e. The van der Waals surface area contributed by atoms with E-state index in [9.17, 15) is 0 Å². The monoisotopic (exact) mass is 283 g/mol. The second-order valence-electron chi connectivity index (χ2n) is 5.38. The molecular formula is C16H21N5. The van der Waals surface area contributed by atoms with Gasteiger partial charge in [0, 0.05) is 29.4 Å². The fourth-order valence-corrected chi connectivity index (χ4v) is 2.95. The van der Waals surface area contributed by atoms with Crippen LogP contribution in [0, 0.1) is 13.8 Å². The van der Waals surface area contributed by atoms with Crippen LogP contribution >= 0.6 is 0 Å². The maximum atomic E-state index is 4.59. The number of rotatable bonds is 4. The molecule has 3 rings (SSSR count). The number of pyridine rings is 1. The van der Waals surface area contributed by atoms with E-state index in [2.05, 4.69) is 54.1 Å². The highest BCUT2D eigenvalue weighted by Gasteiger charge is 2.17. The fourth-order valence-electron chi connectivity index (χ4n) is 2.95. The van der Waals surface area contributed by atoms with Crippen LogP contribution in [0.4, 0.5) is 5.82 Å². The molecule has 21 heavy (non-hydrogen) atoms. The fraction of sp³-hybridized carbons (Fsp3) is 0.375. The van der Waals surface area contributed by atoms with E-state index in [4.69, 9.17) is 0 Å². The van der Waals surface area contributed by atoms with Gasteiger partial charge < -0.3 is 10.3 Å². The molecule has 0 saturated heterocycles. The Morgan fingerprint density at radius 2 is 2.10 bits per heavy atom. The van der Waals surface area contributed by atoms with Crippen LogP contribution in [0.25, 0.3) is 11.0 Å². The van der Waals surface area contributed by atoms with Crippen LogP contribution in [-0.4, -0.2) is 19.7 Å². The summed E-state index contributed by atoms with van der Waals surface area (Å²) in [7, 11) is 0. The van der Waals surface area contributed by atoms with Gasteiger partial charge in [0.1, 0.15) is 11.5 Å². The Morgan fingerprint density at radius 1 is 1.29 bits per heavy atom. The highest BCUT2D eigenvalue weighted by molar-refractivity contribution is 5.77. The third kappa shape index (κ3) is 2.39. The summed E-state index contributed by atoms with van der Waals surface area (Å²) in [5, 5.41) is 9.18. The lowest BCUT2D eigenvalue weighted by Crippen LogP contribution is -2.10. The van der Waals surface area contributed by atoms with Gasteiger partial charge in [0.15, 0.2) is 0 Å². The number of fused-ring (bicyclic) bond motifs is 1. The molecule has 0 saturated carbocycles. The number of H-pyrrole nitrogens is 1. The van der Waals surface area contributed by atoms with Gasteiger partial charge in [-0.05, 0) is 45.9 Å². The van der Waals surface area contributed by atoms with Crippen molar-refractivity contribution in [1.29, 1.82) is 0 Å². The predicted molar refractivity (Wildman–Crippen MR) is 85.5 cm³/mol. The molecule has 0 bridgehead atoms. The average Bonchev–Trinajstić information content (AvgIpc) is 3.02. The van der Waals surface area contributed by atoms with E-state index in [-0.39, 0.29) is 6.04 Å². The second-order valence-corrected chi connectivity index (χ2v) is 5.38. The van der Waals surface area contributed by atoms with Crippen molar-refractivity contribution in [1.82, 2.24) is 19.7 Å². The van der Waals surface area contributed by atoms with Crippen LogP contribution < -0.4 is 5.32 Å². The van der Waals surface area contributed by atoms with Crippen molar-refractivity contribution >= 4 is 16.9 Å². The van der Waals surface area contributed by atoms with Gasteiger partial charge in [-0.15, -0.1) is 0 Å². The molecule has 1 atom stereocenters. The zero-order valence-corrected chi connectivity index (χ0v) is 12.9. The van der Waals surface area contributed by atoms with E-state index < -0.39 is 0 Å². The minimum Gasteiger partial charge on any atom is -0.363 e. The van der Waals surface area contributed by atoms with Crippen molar-refractivity contribution in [3.05, 3.63) is 41.3 Å². The third-order valence-corrected chi connectivity index (χ3v) is 3.94. The average molecular weight is 283 g/mol. The summed E-state index contributed by atoms with van der Waals surface area (Å²) >= 11 is 0. The first-order valence-corrected chi connectivity index (χ1v) is 7.34. The number of aromatic nitrogens is 4. The van der Waals surface area contributed by atoms with Gasteiger partial charge in [0.2, 0.25) is 0 Å². The lowest BCUT2D eigenvalue weighted by Gasteiger charge is -2.15. The lowest BCUT2D eigenvalue weighted by molar-refractivity contribution is 0.632. The van der Waals surface area contributed by atoms with Crippen LogP contribution in [-0.2, 0) is 6.54 Å². The molecule has 3 aromatic heterocycles. The van der Waals surface area contributed by atoms with Crippen LogP contribution in [0.3, 0.4) is 0 Å². The Bertz CT molecular complexity index is 768. The van der Waals surface area contributed by atoms with Crippen molar-refractivity contribution < 1.29 is 0 Å². The maximum Gasteiger partial charge on any atom is 0.139 e. The zero-order chi connectivity index (χ0) is 15.0. The highest BCUT2D eigenvalue weighted by Crippen LogP contribution is 2.25. The molecule has 3 aromatic rings. The Hall–Kier alpha value is -2.30. The first-order chi connectivity index (χ1) is 10.1. The summed E-state index contributed by atoms with van der Waals surface area (Å²) in [6.07, 6.45) is 1.91. The van der Waals surface area contributed by atoms with Crippen molar-refractivity contribution in [3.63, 3.8) is 0 Å². The molecule has 0 aliphatic heterocycles. The number of hydrogen-bond donors (Lipinski definition) is 2. The summed E-state index contributed by atoms with van der Waals surface area (Å²) in [6.45, 7) is 9.35. The molecule has 2 N–H and O–H groups in total. The van der Waals surface area contributed by atoms with E-state index in [0.717, 1.165) is 29.1 Å². The van der Waals surface area contributed by atoms with Crippen LogP contribution in [0.5, 0.6) is 0 Å². The summed E-state index contributed by atoms with van der Waals surface area (Å²) in [5.74, 6) is 0.875. The standard InChI is InChI=1S/C16H21N5/c1-5-21-12(4)15(11(3)20-21)10(2)18-14-7-6-13-8-9-17-16(13)19-14/h6-10H,5H2,1-4H3,(H2,17,18,19)/t10-/m1/s1. The summed E-state index contributed by atoms with van der Waals surface area (Å²) in [5.41, 5.74) is 4.46. The molecular weight excluding hydrogens is 262 g/mol. The molecule has 0 unspecified atom stereocenters. The minimum atomic E-state index is 0.171. The molecule has 0 spiro atoms. The molecule has 0 amide bonds. The van der Waals surface area contributed by atoms with E-state index in [1.165, 1.54) is 11.3 Å². The summed E-state index contributed by atoms with van der Waals surface area (Å²) in [4.78, 5) is 7.73. The molecule has 0 fully saturated rings. The molecule has 3 heterocycles. The number of hydrogen-bond acceptors (Lipinski definition) is 3. The third-order valence-electron chi connectivity index (χ3n) is 3.94. The highest BCUT2D eigenvalue weighted by atomic mass is 15.3. The number of aryl methyl sites for hydroxylation is 2. The summed E-state index contributed by atoms with van der Waals surface area (Å²) < 4.78 is 2.05. The van der Waals surface area contributed by atoms with Crippen molar-refractivity contribution in [3.8, 4) is 0 Å². The van der Waals surface area contributed by atoms with Crippen LogP contribution in [0.1, 0.15) is 36.8 Å². The lowest BCUT2D eigenvalue weighted by atomic mass is 10.1. The van der Waals surface area contributed by atoms with Gasteiger partial charge in [-0.25, -0.2) is 4.98 Å². The van der Waals surface area contributed by atoms with E-state index in [0.29, 0.717) is 0 Å². The number of nitrogens with one attached hydrogen (secondary N) is 2. The Kier molecular flexibility index (Phi) is 3.41. The Labute approximate surface area is 124 Å². The van der Waals surface area contributed by atoms with Gasteiger partial charge in [-0.3, -0.25) is 4.68 Å². The Morgan fingerprint density at radius 3 is 2.81 bits per heavy atom. The van der Waals surface area contributed by atoms with E-state index >= 15 is 0 Å². The zero-order valence-electron chi connectivity index (χ0n) is 12.9. The maximum absolute atomic E-state index is 4.59. The molecule has 110 valence electrons. The van der Waals surface area contributed by atoms with Crippen molar-refractivity contribution in [2.24, 2.45) is 0 Å². The number of anilines is 1. The van der Waals surface area contributed by atoms with Crippen molar-refractivity contribution in [2.45, 2.75) is 40.3 Å². The summed E-state index contributed by atoms with van der Waals surface area (Å²) in [6, 6.07) is 6.28. The van der Waals surface area contributed by atoms with Crippen LogP contribution in [0.15, 0.2) is 24.4 Å². The first-order valence-electron chi connectivity index (χ1n) is 7.34. The van der Waals surface area contributed by atoms with Crippen LogP contribution in [0.2, 0.25) is 0 Å². The molecule has 0 aliphatic carbocycles. The second kappa shape index (κ2) is 5.24. The minimum absolute atomic E-state index is 0.171. The van der Waals surface area contributed by atoms with Crippen molar-refractivity contribution in [2.75, 3.05) is 5.32 Å². The molecule has 0 radical (unpaired) electrons. The predicted octanol–water partition coefficient (Wildman–Crippen LogP) is 3.57. The number of aromatic amines is 1. The smallest absolute Gasteiger partial charge is 0.139 e. The molecule has 0 aliphatic rings.